The molecule has 10 unspecified atom stereocenters. The van der Waals surface area contributed by atoms with Gasteiger partial charge < -0.3 is 19.5 Å². The third kappa shape index (κ3) is 4.20. The summed E-state index contributed by atoms with van der Waals surface area (Å²) in [5, 5.41) is 10.4. The van der Waals surface area contributed by atoms with Crippen molar-refractivity contribution in [1.29, 1.82) is 0 Å². The Morgan fingerprint density at radius 2 is 1.95 bits per heavy atom. The van der Waals surface area contributed by atoms with Crippen molar-refractivity contribution in [3.05, 3.63) is 47.0 Å². The first-order valence-electron chi connectivity index (χ1n) is 15.8. The van der Waals surface area contributed by atoms with Crippen molar-refractivity contribution in [2.75, 3.05) is 6.54 Å². The van der Waals surface area contributed by atoms with Gasteiger partial charge in [0.05, 0.1) is 23.9 Å². The van der Waals surface area contributed by atoms with Gasteiger partial charge in [-0.25, -0.2) is 4.79 Å². The Morgan fingerprint density at radius 3 is 2.77 bits per heavy atom. The highest BCUT2D eigenvalue weighted by molar-refractivity contribution is 5.68. The van der Waals surface area contributed by atoms with Crippen molar-refractivity contribution in [3.63, 3.8) is 0 Å². The van der Waals surface area contributed by atoms with Gasteiger partial charge in [0.25, 0.3) is 0 Å². The molecule has 0 bridgehead atoms. The van der Waals surface area contributed by atoms with Gasteiger partial charge >= 0.3 is 6.09 Å². The minimum absolute atomic E-state index is 0.0903. The normalized spacial score (nSPS) is 45.0. The molecular weight excluding hydrogens is 486 g/mol. The lowest BCUT2D eigenvalue weighted by molar-refractivity contribution is -0.0723. The van der Waals surface area contributed by atoms with Gasteiger partial charge in [0.1, 0.15) is 6.61 Å². The molecule has 3 saturated carbocycles. The van der Waals surface area contributed by atoms with Crippen molar-refractivity contribution in [2.45, 2.75) is 115 Å². The fourth-order valence-corrected chi connectivity index (χ4v) is 10.4. The monoisotopic (exact) mass is 533 g/mol. The fraction of sp³-hybridized carbons (Fsp3) is 0.735. The van der Waals surface area contributed by atoms with Gasteiger partial charge in [0.2, 0.25) is 0 Å². The molecule has 4 aliphatic carbocycles. The number of ether oxygens (including phenoxy) is 2. The van der Waals surface area contributed by atoms with E-state index in [-0.39, 0.29) is 29.9 Å². The standard InChI is InChI=1S/C34H47NO4/c1-21-15-31-30(35(19-21)32(37)38-20-23-7-5-4-6-8-23)18-34(39-31)14-12-26-27-10-9-24-16-25(36)11-13-33(24,3)29(27)17-28(26)22(34)2/h4-8,21,24-27,29-31,36H,9-20H2,1-3H3. The number of hydrogen-bond acceptors (Lipinski definition) is 4. The number of allylic oxidation sites excluding steroid dienone is 1. The molecule has 6 aliphatic rings. The summed E-state index contributed by atoms with van der Waals surface area (Å²) in [7, 11) is 0. The van der Waals surface area contributed by atoms with Gasteiger partial charge in [-0.2, -0.15) is 0 Å². The molecule has 2 saturated heterocycles. The van der Waals surface area contributed by atoms with E-state index in [0.29, 0.717) is 29.8 Å². The zero-order valence-electron chi connectivity index (χ0n) is 24.1. The minimum atomic E-state index is -0.222. The van der Waals surface area contributed by atoms with E-state index in [1.807, 2.05) is 35.2 Å². The van der Waals surface area contributed by atoms with Crippen molar-refractivity contribution in [3.8, 4) is 0 Å². The fourth-order valence-electron chi connectivity index (χ4n) is 10.4. The first-order chi connectivity index (χ1) is 18.8. The largest absolute Gasteiger partial charge is 0.445 e. The highest BCUT2D eigenvalue weighted by Crippen LogP contribution is 2.66. The van der Waals surface area contributed by atoms with Gasteiger partial charge in [-0.05, 0) is 111 Å². The van der Waals surface area contributed by atoms with Gasteiger partial charge in [-0.3, -0.25) is 0 Å². The maximum Gasteiger partial charge on any atom is 0.410 e. The lowest BCUT2D eigenvalue weighted by Crippen LogP contribution is -2.51. The number of aliphatic hydroxyl groups excluding tert-OH is 1. The van der Waals surface area contributed by atoms with Gasteiger partial charge in [0, 0.05) is 13.0 Å². The quantitative estimate of drug-likeness (QED) is 0.421. The molecule has 5 nitrogen and oxygen atoms in total. The molecule has 2 heterocycles. The summed E-state index contributed by atoms with van der Waals surface area (Å²) >= 11 is 0. The van der Waals surface area contributed by atoms with E-state index >= 15 is 0 Å². The SMILES string of the molecule is CC1=C2CC3C(CCC4CC(O)CCC43C)C2CCC12CC1C(CC(C)CN1C(=O)OCc1ccccc1)O2. The second-order valence-corrected chi connectivity index (χ2v) is 14.4. The zero-order chi connectivity index (χ0) is 26.9. The number of benzene rings is 1. The third-order valence-electron chi connectivity index (χ3n) is 12.5. The van der Waals surface area contributed by atoms with Gasteiger partial charge in [0.15, 0.2) is 0 Å². The summed E-state index contributed by atoms with van der Waals surface area (Å²) in [5.41, 5.74) is 4.38. The number of carbonyl (C=O) groups excluding carboxylic acids is 1. The Kier molecular flexibility index (Phi) is 6.43. The summed E-state index contributed by atoms with van der Waals surface area (Å²) < 4.78 is 12.9. The molecule has 1 aromatic rings. The van der Waals surface area contributed by atoms with Crippen LogP contribution in [0.3, 0.4) is 0 Å². The second-order valence-electron chi connectivity index (χ2n) is 14.4. The van der Waals surface area contributed by atoms with Crippen LogP contribution in [0.2, 0.25) is 0 Å². The summed E-state index contributed by atoms with van der Waals surface area (Å²) in [6, 6.07) is 10.1. The van der Waals surface area contributed by atoms with Crippen LogP contribution >= 0.6 is 0 Å². The number of amides is 1. The number of carbonyl (C=O) groups is 1. The molecule has 10 atom stereocenters. The summed E-state index contributed by atoms with van der Waals surface area (Å²) in [6.45, 7) is 8.25. The van der Waals surface area contributed by atoms with E-state index in [4.69, 9.17) is 9.47 Å². The van der Waals surface area contributed by atoms with Crippen molar-refractivity contribution >= 4 is 6.09 Å². The molecule has 0 aromatic heterocycles. The smallest absolute Gasteiger partial charge is 0.410 e. The third-order valence-corrected chi connectivity index (χ3v) is 12.5. The predicted octanol–water partition coefficient (Wildman–Crippen LogP) is 6.89. The highest BCUT2D eigenvalue weighted by Gasteiger charge is 2.60. The maximum atomic E-state index is 13.4. The number of likely N-dealkylation sites (tertiary alicyclic amines) is 1. The van der Waals surface area contributed by atoms with Crippen LogP contribution in [0.5, 0.6) is 0 Å². The number of nitrogens with zero attached hydrogens (tertiary/aromatic N) is 1. The number of rotatable bonds is 2. The Bertz CT molecular complexity index is 1130. The second kappa shape index (κ2) is 9.62. The maximum absolute atomic E-state index is 13.4. The Morgan fingerprint density at radius 1 is 1.13 bits per heavy atom. The lowest BCUT2D eigenvalue weighted by atomic mass is 9.52. The van der Waals surface area contributed by atoms with Crippen LogP contribution in [-0.2, 0) is 16.1 Å². The number of piperidine rings is 1. The average Bonchev–Trinajstić information content (AvgIpc) is 3.50. The summed E-state index contributed by atoms with van der Waals surface area (Å²) in [5.74, 6) is 3.35. The van der Waals surface area contributed by atoms with Gasteiger partial charge in [-0.15, -0.1) is 0 Å². The van der Waals surface area contributed by atoms with Crippen molar-refractivity contribution < 1.29 is 19.4 Å². The molecule has 5 heteroatoms. The van der Waals surface area contributed by atoms with Crippen LogP contribution in [-0.4, -0.2) is 46.5 Å². The molecule has 0 radical (unpaired) electrons. The zero-order valence-corrected chi connectivity index (χ0v) is 24.1. The highest BCUT2D eigenvalue weighted by atomic mass is 16.6. The first-order valence-corrected chi connectivity index (χ1v) is 15.8. The van der Waals surface area contributed by atoms with Crippen LogP contribution in [0.15, 0.2) is 41.5 Å². The average molecular weight is 534 g/mol. The minimum Gasteiger partial charge on any atom is -0.445 e. The molecule has 1 amide bonds. The molecule has 39 heavy (non-hydrogen) atoms. The van der Waals surface area contributed by atoms with E-state index < -0.39 is 0 Å². The summed E-state index contributed by atoms with van der Waals surface area (Å²) in [4.78, 5) is 15.4. The molecule has 1 spiro atoms. The molecule has 2 aliphatic heterocycles. The topological polar surface area (TPSA) is 59.0 Å². The number of aliphatic hydroxyl groups is 1. The van der Waals surface area contributed by atoms with Crippen molar-refractivity contribution in [1.82, 2.24) is 4.90 Å². The van der Waals surface area contributed by atoms with Crippen LogP contribution in [0.1, 0.15) is 90.5 Å². The van der Waals surface area contributed by atoms with Crippen molar-refractivity contribution in [2.24, 2.45) is 35.0 Å². The van der Waals surface area contributed by atoms with E-state index in [0.717, 1.165) is 56.0 Å². The Labute approximate surface area is 234 Å². The molecule has 212 valence electrons. The van der Waals surface area contributed by atoms with Crippen LogP contribution < -0.4 is 0 Å². The molecule has 1 N–H and O–H groups in total. The Hall–Kier alpha value is -1.85. The van der Waals surface area contributed by atoms with E-state index in [1.165, 1.54) is 37.7 Å². The van der Waals surface area contributed by atoms with E-state index in [9.17, 15) is 9.90 Å². The van der Waals surface area contributed by atoms with Gasteiger partial charge in [-0.1, -0.05) is 49.8 Å². The van der Waals surface area contributed by atoms with E-state index in [2.05, 4.69) is 20.8 Å². The van der Waals surface area contributed by atoms with Crippen LogP contribution in [0.4, 0.5) is 4.79 Å². The molecule has 1 aromatic carbocycles. The molecule has 7 rings (SSSR count). The number of fused-ring (bicyclic) bond motifs is 6. The number of hydrogen-bond donors (Lipinski definition) is 1. The lowest BCUT2D eigenvalue weighted by Gasteiger charge is -2.53. The van der Waals surface area contributed by atoms with E-state index in [1.54, 1.807) is 5.57 Å². The predicted molar refractivity (Wildman–Crippen MR) is 151 cm³/mol. The van der Waals surface area contributed by atoms with Crippen LogP contribution in [0, 0.1) is 35.0 Å². The Balaban J connectivity index is 1.12. The molecular formula is C34H47NO4. The summed E-state index contributed by atoms with van der Waals surface area (Å²) in [6.07, 6.45) is 11.1. The first kappa shape index (κ1) is 26.1. The van der Waals surface area contributed by atoms with Crippen LogP contribution in [0.25, 0.3) is 0 Å². The molecule has 5 fully saturated rings.